The third kappa shape index (κ3) is 16.7. The Morgan fingerprint density at radius 2 is 0.877 bits per heavy atom. The zero-order valence-electron chi connectivity index (χ0n) is 34.0. The van der Waals surface area contributed by atoms with Crippen molar-refractivity contribution in [3.05, 3.63) is 119 Å². The molecule has 0 aromatic heterocycles. The summed E-state index contributed by atoms with van der Waals surface area (Å²) in [5, 5.41) is 19.9. The second-order valence-corrected chi connectivity index (χ2v) is 15.9. The summed E-state index contributed by atoms with van der Waals surface area (Å²) in [4.78, 5) is 5.14. The molecular weight excluding hydrogens is 806 g/mol. The summed E-state index contributed by atoms with van der Waals surface area (Å²) in [7, 11) is 0. The van der Waals surface area contributed by atoms with Crippen LogP contribution < -0.4 is 11.5 Å². The van der Waals surface area contributed by atoms with Gasteiger partial charge in [0.05, 0.1) is 0 Å². The highest BCUT2D eigenvalue weighted by Gasteiger charge is 2.41. The summed E-state index contributed by atoms with van der Waals surface area (Å²) >= 11 is 0. The highest BCUT2D eigenvalue weighted by molar-refractivity contribution is 5.86. The topological polar surface area (TPSA) is 193 Å². The van der Waals surface area contributed by atoms with Crippen molar-refractivity contribution in [1.82, 2.24) is 9.80 Å². The number of halogens is 4. The molecule has 2 aliphatic heterocycles. The Morgan fingerprint density at radius 1 is 0.544 bits per heavy atom. The normalized spacial score (nSPS) is 18.5. The predicted molar refractivity (Wildman–Crippen MR) is 250 cm³/mol. The lowest BCUT2D eigenvalue weighted by Crippen LogP contribution is -2.33. The molecule has 4 aromatic carbocycles. The maximum absolute atomic E-state index is 9.94. The Bertz CT molecular complexity index is 1550. The van der Waals surface area contributed by atoms with E-state index in [0.717, 1.165) is 89.2 Å². The molecule has 0 aliphatic carbocycles. The third-order valence-corrected chi connectivity index (χ3v) is 10.8. The Labute approximate surface area is 366 Å². The Morgan fingerprint density at radius 3 is 1.18 bits per heavy atom. The number of hydrogen-bond donors (Lipinski definition) is 4. The number of phenols is 2. The molecule has 2 unspecified atom stereocenters. The number of nitrogens with zero attached hydrogens (tertiary/aromatic N) is 2. The molecule has 2 heterocycles. The van der Waals surface area contributed by atoms with Crippen LogP contribution in [0.15, 0.2) is 97.1 Å². The highest BCUT2D eigenvalue weighted by atomic mass is 35.5. The number of nitrogen functional groups attached to an aromatic ring is 2. The van der Waals surface area contributed by atoms with Crippen molar-refractivity contribution in [2.45, 2.75) is 77.0 Å². The van der Waals surface area contributed by atoms with Gasteiger partial charge < -0.3 is 47.9 Å². The zero-order chi connectivity index (χ0) is 35.7. The summed E-state index contributed by atoms with van der Waals surface area (Å²) < 4.78 is 0. The summed E-state index contributed by atoms with van der Waals surface area (Å²) in [6.07, 6.45) is 6.76. The van der Waals surface area contributed by atoms with E-state index in [1.165, 1.54) is 22.3 Å². The van der Waals surface area contributed by atoms with Crippen LogP contribution in [0, 0.1) is 11.8 Å². The highest BCUT2D eigenvalue weighted by Crippen LogP contribution is 2.42. The van der Waals surface area contributed by atoms with Crippen molar-refractivity contribution in [3.63, 3.8) is 0 Å². The van der Waals surface area contributed by atoms with Gasteiger partial charge in [-0.05, 0) is 134 Å². The first-order chi connectivity index (χ1) is 23.9. The average molecular weight is 877 g/mol. The minimum atomic E-state index is 0. The Kier molecular flexibility index (Phi) is 27.6. The van der Waals surface area contributed by atoms with Crippen molar-refractivity contribution >= 4 is 61.0 Å². The van der Waals surface area contributed by atoms with Gasteiger partial charge >= 0.3 is 0 Å². The largest absolute Gasteiger partial charge is 0.508 e. The fraction of sp³-hybridized carbons (Fsp3) is 0.455. The standard InChI is InChI=1S/2C22H30N2O.4ClH.3H2O/c2*1-17(2)15-22(19-4-3-5-21(25)14-19)11-13-24(16-22)12-10-18-6-8-20(23)9-7-18;;;;;;;/h2*3-9,14,17,25H,10-13,15-16,23H2,1-2H3;4*1H;3*1H2. The van der Waals surface area contributed by atoms with Crippen LogP contribution in [-0.4, -0.2) is 75.7 Å². The lowest BCUT2D eigenvalue weighted by atomic mass is 9.73. The summed E-state index contributed by atoms with van der Waals surface area (Å²) in [5.74, 6) is 2.03. The number of nitrogens with two attached hydrogens (primary N) is 2. The minimum absolute atomic E-state index is 0. The van der Waals surface area contributed by atoms with Crippen molar-refractivity contribution in [2.24, 2.45) is 11.8 Å². The molecule has 2 fully saturated rings. The zero-order valence-corrected chi connectivity index (χ0v) is 37.2. The van der Waals surface area contributed by atoms with Gasteiger partial charge in [0.25, 0.3) is 0 Å². The van der Waals surface area contributed by atoms with Crippen molar-refractivity contribution < 1.29 is 26.6 Å². The average Bonchev–Trinajstić information content (AvgIpc) is 3.69. The molecule has 0 radical (unpaired) electrons. The number of phenolic OH excluding ortho intramolecular Hbond substituents is 2. The first kappa shape index (κ1) is 58.4. The smallest absolute Gasteiger partial charge is 0.115 e. The van der Waals surface area contributed by atoms with E-state index < -0.39 is 0 Å². The molecule has 57 heavy (non-hydrogen) atoms. The fourth-order valence-electron chi connectivity index (χ4n) is 8.52. The van der Waals surface area contributed by atoms with Gasteiger partial charge in [-0.2, -0.15) is 0 Å². The molecule has 4 aromatic rings. The van der Waals surface area contributed by atoms with Gasteiger partial charge in [0.2, 0.25) is 0 Å². The van der Waals surface area contributed by atoms with Gasteiger partial charge in [0.15, 0.2) is 0 Å². The van der Waals surface area contributed by atoms with Crippen molar-refractivity contribution in [3.8, 4) is 11.5 Å². The van der Waals surface area contributed by atoms with Gasteiger partial charge in [0.1, 0.15) is 11.5 Å². The number of benzene rings is 4. The lowest BCUT2D eigenvalue weighted by molar-refractivity contribution is 0.288. The van der Waals surface area contributed by atoms with Crippen LogP contribution in [0.2, 0.25) is 0 Å². The molecular formula is C44H70Cl4N4O5. The molecule has 9 nitrogen and oxygen atoms in total. The van der Waals surface area contributed by atoms with E-state index >= 15 is 0 Å². The van der Waals surface area contributed by atoms with Crippen LogP contribution >= 0.6 is 49.6 Å². The van der Waals surface area contributed by atoms with Gasteiger partial charge in [0, 0.05) is 48.4 Å². The molecule has 13 heteroatoms. The number of hydrogen-bond acceptors (Lipinski definition) is 6. The molecule has 2 aliphatic rings. The quantitative estimate of drug-likeness (QED) is 0.106. The SMILES string of the molecule is CC(C)CC1(c2cccc(O)c2)CCN(CCc2ccc(N)cc2)C1.CC(C)CC1(c2cccc(O)c2)CCN(CCc2ccc(N)cc2)C1.Cl.Cl.Cl.Cl.O.O.O. The van der Waals surface area contributed by atoms with Crippen LogP contribution in [0.3, 0.4) is 0 Å². The number of likely N-dealkylation sites (tertiary alicyclic amines) is 2. The number of rotatable bonds is 12. The molecule has 0 bridgehead atoms. The van der Waals surface area contributed by atoms with Crippen LogP contribution in [0.25, 0.3) is 0 Å². The maximum Gasteiger partial charge on any atom is 0.115 e. The first-order valence-corrected chi connectivity index (χ1v) is 18.7. The lowest BCUT2D eigenvalue weighted by Gasteiger charge is -2.32. The summed E-state index contributed by atoms with van der Waals surface area (Å²) in [6, 6.07) is 32.2. The van der Waals surface area contributed by atoms with Crippen molar-refractivity contribution in [2.75, 3.05) is 50.7 Å². The van der Waals surface area contributed by atoms with Gasteiger partial charge in [-0.3, -0.25) is 0 Å². The van der Waals surface area contributed by atoms with Crippen LogP contribution in [0.4, 0.5) is 11.4 Å². The van der Waals surface area contributed by atoms with E-state index in [-0.39, 0.29) is 76.9 Å². The summed E-state index contributed by atoms with van der Waals surface area (Å²) in [5.41, 5.74) is 18.8. The van der Waals surface area contributed by atoms with E-state index in [2.05, 4.69) is 73.9 Å². The molecule has 6 rings (SSSR count). The molecule has 12 N–H and O–H groups in total. The maximum atomic E-state index is 9.94. The monoisotopic (exact) mass is 874 g/mol. The van der Waals surface area contributed by atoms with Crippen LogP contribution in [0.5, 0.6) is 11.5 Å². The van der Waals surface area contributed by atoms with Crippen LogP contribution in [-0.2, 0) is 23.7 Å². The Balaban J connectivity index is -0.000000911. The van der Waals surface area contributed by atoms with Gasteiger partial charge in [-0.1, -0.05) is 76.2 Å². The minimum Gasteiger partial charge on any atom is -0.508 e. The molecule has 324 valence electrons. The van der Waals surface area contributed by atoms with E-state index in [4.69, 9.17) is 11.5 Å². The molecule has 0 saturated carbocycles. The summed E-state index contributed by atoms with van der Waals surface area (Å²) in [6.45, 7) is 15.7. The van der Waals surface area contributed by atoms with E-state index in [0.29, 0.717) is 23.3 Å². The second-order valence-electron chi connectivity index (χ2n) is 15.9. The third-order valence-electron chi connectivity index (χ3n) is 10.8. The first-order valence-electron chi connectivity index (χ1n) is 18.7. The molecule has 0 amide bonds. The van der Waals surface area contributed by atoms with E-state index in [1.807, 2.05) is 48.5 Å². The van der Waals surface area contributed by atoms with Crippen molar-refractivity contribution in [1.29, 1.82) is 0 Å². The second kappa shape index (κ2) is 26.9. The fourth-order valence-corrected chi connectivity index (χ4v) is 8.52. The predicted octanol–water partition coefficient (Wildman–Crippen LogP) is 7.63. The van der Waals surface area contributed by atoms with E-state index in [9.17, 15) is 10.2 Å². The molecule has 2 saturated heterocycles. The van der Waals surface area contributed by atoms with Crippen LogP contribution in [0.1, 0.15) is 75.6 Å². The van der Waals surface area contributed by atoms with E-state index in [1.54, 1.807) is 12.1 Å². The van der Waals surface area contributed by atoms with Gasteiger partial charge in [-0.15, -0.1) is 49.6 Å². The number of aromatic hydroxyl groups is 2. The number of anilines is 2. The van der Waals surface area contributed by atoms with Gasteiger partial charge in [-0.25, -0.2) is 0 Å². The molecule has 2 atom stereocenters. The Hall–Kier alpha value is -2.96. The molecule has 0 spiro atoms.